The molecule has 0 aromatic rings. The van der Waals surface area contributed by atoms with Gasteiger partial charge in [-0.3, -0.25) is 0 Å². The lowest BCUT2D eigenvalue weighted by Crippen LogP contribution is -1.95. The molecule has 0 fully saturated rings. The Bertz CT molecular complexity index is 95.4. The van der Waals surface area contributed by atoms with Crippen LogP contribution in [0.15, 0.2) is 0 Å². The van der Waals surface area contributed by atoms with Crippen LogP contribution in [-0.2, 0) is 0 Å². The fourth-order valence-electron chi connectivity index (χ4n) is 0.844. The summed E-state index contributed by atoms with van der Waals surface area (Å²) in [7, 11) is 1.53. The maximum absolute atomic E-state index is 10.3. The minimum atomic E-state index is 0.881. The molecule has 0 rings (SSSR count). The first-order valence-corrected chi connectivity index (χ1v) is 4.00. The highest BCUT2D eigenvalue weighted by molar-refractivity contribution is 5.50. The summed E-state index contributed by atoms with van der Waals surface area (Å²) < 4.78 is 0.881. The first-order chi connectivity index (χ1) is 4.77. The Kier molecular flexibility index (Phi) is 6.24. The average Bonchev–Trinajstić information content (AvgIpc) is 1.87. The summed E-state index contributed by atoms with van der Waals surface area (Å²) >= 11 is 0. The van der Waals surface area contributed by atoms with Gasteiger partial charge in [0.05, 0.1) is 0 Å². The lowest BCUT2D eigenvalue weighted by Gasteiger charge is -1.95. The molecule has 0 aliphatic heterocycles. The molecule has 0 spiro atoms. The van der Waals surface area contributed by atoms with Gasteiger partial charge < -0.3 is 5.21 Å². The SMILES string of the molecule is CCCCCC/C=[N+](/C)[O-]. The Labute approximate surface area is 63.1 Å². The molecule has 10 heavy (non-hydrogen) atoms. The second kappa shape index (κ2) is 6.59. The van der Waals surface area contributed by atoms with Gasteiger partial charge in [0.1, 0.15) is 7.05 Å². The van der Waals surface area contributed by atoms with Crippen LogP contribution in [0.4, 0.5) is 0 Å². The van der Waals surface area contributed by atoms with E-state index in [1.807, 2.05) is 0 Å². The Morgan fingerprint density at radius 3 is 2.50 bits per heavy atom. The van der Waals surface area contributed by atoms with Crippen molar-refractivity contribution in [3.05, 3.63) is 5.21 Å². The summed E-state index contributed by atoms with van der Waals surface area (Å²) in [5.74, 6) is 0. The van der Waals surface area contributed by atoms with Crippen LogP contribution < -0.4 is 0 Å². The van der Waals surface area contributed by atoms with Gasteiger partial charge in [0.15, 0.2) is 6.21 Å². The van der Waals surface area contributed by atoms with Crippen LogP contribution in [0, 0.1) is 5.21 Å². The lowest BCUT2D eigenvalue weighted by molar-refractivity contribution is -0.418. The fourth-order valence-corrected chi connectivity index (χ4v) is 0.844. The molecule has 0 radical (unpaired) electrons. The number of rotatable bonds is 5. The van der Waals surface area contributed by atoms with Crippen molar-refractivity contribution < 1.29 is 4.74 Å². The molecule has 0 amide bonds. The summed E-state index contributed by atoms with van der Waals surface area (Å²) in [6, 6.07) is 0. The zero-order valence-electron chi connectivity index (χ0n) is 6.97. The maximum Gasteiger partial charge on any atom is 0.150 e. The van der Waals surface area contributed by atoms with Crippen molar-refractivity contribution in [3.8, 4) is 0 Å². The minimum absolute atomic E-state index is 0.881. The number of hydroxylamine groups is 1. The fraction of sp³-hybridized carbons (Fsp3) is 0.875. The van der Waals surface area contributed by atoms with E-state index < -0.39 is 0 Å². The van der Waals surface area contributed by atoms with E-state index >= 15 is 0 Å². The number of hydrogen-bond acceptors (Lipinski definition) is 1. The van der Waals surface area contributed by atoms with Gasteiger partial charge in [-0.05, 0) is 6.42 Å². The van der Waals surface area contributed by atoms with Gasteiger partial charge in [0.25, 0.3) is 0 Å². The summed E-state index contributed by atoms with van der Waals surface area (Å²) in [6.45, 7) is 2.18. The van der Waals surface area contributed by atoms with Crippen molar-refractivity contribution in [2.24, 2.45) is 0 Å². The Morgan fingerprint density at radius 1 is 1.30 bits per heavy atom. The molecule has 0 aliphatic carbocycles. The van der Waals surface area contributed by atoms with Crippen LogP contribution in [0.5, 0.6) is 0 Å². The standard InChI is InChI=1S/C8H17NO/c1-3-4-5-6-7-8-9(2)10/h8H,3-7H2,1-2H3/b9-8-. The minimum Gasteiger partial charge on any atom is -0.624 e. The molecule has 0 heterocycles. The second-order valence-corrected chi connectivity index (χ2v) is 2.58. The van der Waals surface area contributed by atoms with Crippen LogP contribution >= 0.6 is 0 Å². The van der Waals surface area contributed by atoms with Crippen LogP contribution in [0.2, 0.25) is 0 Å². The van der Waals surface area contributed by atoms with Gasteiger partial charge in [-0.15, -0.1) is 0 Å². The quantitative estimate of drug-likeness (QED) is 0.190. The molecular formula is C8H17NO. The molecule has 60 valence electrons. The Balaban J connectivity index is 2.98. The summed E-state index contributed by atoms with van der Waals surface area (Å²) in [6.07, 6.45) is 7.57. The molecule has 0 N–H and O–H groups in total. The van der Waals surface area contributed by atoms with E-state index in [-0.39, 0.29) is 0 Å². The van der Waals surface area contributed by atoms with E-state index in [1.54, 1.807) is 6.21 Å². The largest absolute Gasteiger partial charge is 0.624 e. The van der Waals surface area contributed by atoms with Gasteiger partial charge >= 0.3 is 0 Å². The zero-order valence-corrected chi connectivity index (χ0v) is 6.97. The molecule has 2 heteroatoms. The molecule has 0 unspecified atom stereocenters. The van der Waals surface area contributed by atoms with Crippen LogP contribution in [0.3, 0.4) is 0 Å². The van der Waals surface area contributed by atoms with Gasteiger partial charge in [-0.25, -0.2) is 4.74 Å². The molecule has 0 bridgehead atoms. The monoisotopic (exact) mass is 143 g/mol. The number of unbranched alkanes of at least 4 members (excludes halogenated alkanes) is 4. The van der Waals surface area contributed by atoms with Gasteiger partial charge in [-0.1, -0.05) is 26.2 Å². The third-order valence-electron chi connectivity index (χ3n) is 1.44. The first kappa shape index (κ1) is 9.47. The van der Waals surface area contributed by atoms with Gasteiger partial charge in [0.2, 0.25) is 0 Å². The van der Waals surface area contributed by atoms with Crippen LogP contribution in [-0.4, -0.2) is 18.0 Å². The molecular weight excluding hydrogens is 126 g/mol. The second-order valence-electron chi connectivity index (χ2n) is 2.58. The topological polar surface area (TPSA) is 26.1 Å². The van der Waals surface area contributed by atoms with Gasteiger partial charge in [0, 0.05) is 6.42 Å². The van der Waals surface area contributed by atoms with Crippen molar-refractivity contribution in [1.82, 2.24) is 0 Å². The number of hydrogen-bond donors (Lipinski definition) is 0. The average molecular weight is 143 g/mol. The van der Waals surface area contributed by atoms with E-state index in [0.717, 1.165) is 17.6 Å². The summed E-state index contributed by atoms with van der Waals surface area (Å²) in [5, 5.41) is 10.3. The molecule has 0 aliphatic rings. The molecule has 0 atom stereocenters. The van der Waals surface area contributed by atoms with Crippen molar-refractivity contribution in [3.63, 3.8) is 0 Å². The van der Waals surface area contributed by atoms with Crippen molar-refractivity contribution in [2.75, 3.05) is 7.05 Å². The number of nitrogens with zero attached hydrogens (tertiary/aromatic N) is 1. The Hall–Kier alpha value is -0.530. The third kappa shape index (κ3) is 7.47. The van der Waals surface area contributed by atoms with Crippen molar-refractivity contribution >= 4 is 6.21 Å². The molecule has 2 nitrogen and oxygen atoms in total. The smallest absolute Gasteiger partial charge is 0.150 e. The van der Waals surface area contributed by atoms with Crippen LogP contribution in [0.1, 0.15) is 39.0 Å². The summed E-state index contributed by atoms with van der Waals surface area (Å²) in [5.41, 5.74) is 0. The zero-order chi connectivity index (χ0) is 7.82. The summed E-state index contributed by atoms with van der Waals surface area (Å²) in [4.78, 5) is 0. The maximum atomic E-state index is 10.3. The normalized spacial score (nSPS) is 12.0. The predicted molar refractivity (Wildman–Crippen MR) is 44.4 cm³/mol. The van der Waals surface area contributed by atoms with E-state index in [4.69, 9.17) is 0 Å². The van der Waals surface area contributed by atoms with E-state index in [2.05, 4.69) is 6.92 Å². The third-order valence-corrected chi connectivity index (χ3v) is 1.44. The van der Waals surface area contributed by atoms with E-state index in [1.165, 1.54) is 26.3 Å². The van der Waals surface area contributed by atoms with Crippen LogP contribution in [0.25, 0.3) is 0 Å². The Morgan fingerprint density at radius 2 is 2.00 bits per heavy atom. The first-order valence-electron chi connectivity index (χ1n) is 4.00. The molecule has 0 saturated carbocycles. The highest BCUT2D eigenvalue weighted by atomic mass is 16.5. The molecule has 0 saturated heterocycles. The molecule has 0 aromatic carbocycles. The van der Waals surface area contributed by atoms with Crippen molar-refractivity contribution in [1.29, 1.82) is 0 Å². The highest BCUT2D eigenvalue weighted by Crippen LogP contribution is 1.99. The van der Waals surface area contributed by atoms with E-state index in [9.17, 15) is 5.21 Å². The van der Waals surface area contributed by atoms with E-state index in [0.29, 0.717) is 0 Å². The lowest BCUT2D eigenvalue weighted by atomic mass is 10.2. The predicted octanol–water partition coefficient (Wildman–Crippen LogP) is 2.17. The van der Waals surface area contributed by atoms with Crippen molar-refractivity contribution in [2.45, 2.75) is 39.0 Å². The van der Waals surface area contributed by atoms with Gasteiger partial charge in [-0.2, -0.15) is 0 Å². The molecule has 0 aromatic heterocycles. The highest BCUT2D eigenvalue weighted by Gasteiger charge is 1.86.